The number of aliphatic hydroxyl groups is 1. The summed E-state index contributed by atoms with van der Waals surface area (Å²) in [4.78, 5) is 12.5. The van der Waals surface area contributed by atoms with E-state index < -0.39 is 0 Å². The van der Waals surface area contributed by atoms with Gasteiger partial charge in [-0.05, 0) is 6.42 Å². The van der Waals surface area contributed by atoms with Gasteiger partial charge < -0.3 is 10.0 Å². The Balaban J connectivity index is 2.17. The second kappa shape index (κ2) is 1.83. The van der Waals surface area contributed by atoms with Gasteiger partial charge in [-0.1, -0.05) is 6.08 Å². The van der Waals surface area contributed by atoms with Crippen molar-refractivity contribution in [3.8, 4) is 0 Å². The molecule has 2 aliphatic heterocycles. The third-order valence-electron chi connectivity index (χ3n) is 2.14. The largest absolute Gasteiger partial charge is 0.390 e. The van der Waals surface area contributed by atoms with Gasteiger partial charge in [0.15, 0.2) is 0 Å². The molecular weight excluding hydrogens is 130 g/mol. The van der Waals surface area contributed by atoms with Gasteiger partial charge in [-0.2, -0.15) is 0 Å². The maximum Gasteiger partial charge on any atom is 0.229 e. The topological polar surface area (TPSA) is 40.5 Å². The average molecular weight is 139 g/mol. The van der Waals surface area contributed by atoms with Crippen LogP contribution in [0.25, 0.3) is 0 Å². The summed E-state index contributed by atoms with van der Waals surface area (Å²) >= 11 is 0. The molecule has 1 amide bonds. The Labute approximate surface area is 58.9 Å². The number of carbonyl (C=O) groups excluding carboxylic acids is 1. The zero-order valence-electron chi connectivity index (χ0n) is 5.58. The number of rotatable bonds is 1. The minimum atomic E-state index is 0.00222. The summed E-state index contributed by atoms with van der Waals surface area (Å²) in [5, 5.41) is 8.74. The molecule has 0 saturated carbocycles. The third kappa shape index (κ3) is 0.555. The van der Waals surface area contributed by atoms with E-state index in [2.05, 4.69) is 0 Å². The Kier molecular flexibility index (Phi) is 1.08. The monoisotopic (exact) mass is 139 g/mol. The predicted molar refractivity (Wildman–Crippen MR) is 35.0 cm³/mol. The lowest BCUT2D eigenvalue weighted by Crippen LogP contribution is -2.48. The molecule has 1 N–H and O–H groups in total. The highest BCUT2D eigenvalue weighted by Gasteiger charge is 2.40. The van der Waals surface area contributed by atoms with Crippen molar-refractivity contribution in [1.29, 1.82) is 0 Å². The maximum atomic E-state index is 10.9. The number of hydrogen-bond acceptors (Lipinski definition) is 2. The molecule has 2 heterocycles. The van der Waals surface area contributed by atoms with Crippen LogP contribution in [0.15, 0.2) is 11.8 Å². The number of fused-ring (bicyclic) bond motifs is 1. The fourth-order valence-corrected chi connectivity index (χ4v) is 1.58. The van der Waals surface area contributed by atoms with Crippen LogP contribution in [0.5, 0.6) is 0 Å². The number of hydrogen-bond donors (Lipinski definition) is 1. The molecule has 1 unspecified atom stereocenters. The van der Waals surface area contributed by atoms with E-state index in [0.29, 0.717) is 12.5 Å². The zero-order valence-corrected chi connectivity index (χ0v) is 5.58. The Bertz CT molecular complexity index is 210. The van der Waals surface area contributed by atoms with Crippen LogP contribution in [0.2, 0.25) is 0 Å². The first-order valence-corrected chi connectivity index (χ1v) is 3.45. The Morgan fingerprint density at radius 3 is 3.10 bits per heavy atom. The van der Waals surface area contributed by atoms with Gasteiger partial charge in [-0.15, -0.1) is 0 Å². The summed E-state index contributed by atoms with van der Waals surface area (Å²) in [5.74, 6) is 0.155. The van der Waals surface area contributed by atoms with Gasteiger partial charge in [0.1, 0.15) is 0 Å². The minimum Gasteiger partial charge on any atom is -0.390 e. The molecular formula is C7H9NO2. The molecule has 0 aliphatic carbocycles. The first kappa shape index (κ1) is 5.92. The Morgan fingerprint density at radius 2 is 2.60 bits per heavy atom. The fourth-order valence-electron chi connectivity index (χ4n) is 1.58. The first-order chi connectivity index (χ1) is 4.83. The van der Waals surface area contributed by atoms with Crippen LogP contribution in [0.3, 0.4) is 0 Å². The molecule has 0 aromatic heterocycles. The van der Waals surface area contributed by atoms with Crippen LogP contribution in [-0.2, 0) is 4.79 Å². The van der Waals surface area contributed by atoms with Gasteiger partial charge in [0.2, 0.25) is 5.91 Å². The van der Waals surface area contributed by atoms with Gasteiger partial charge in [0.05, 0.1) is 6.61 Å². The molecule has 3 heteroatoms. The molecule has 10 heavy (non-hydrogen) atoms. The molecule has 2 aliphatic rings. The van der Waals surface area contributed by atoms with E-state index in [9.17, 15) is 4.79 Å². The van der Waals surface area contributed by atoms with Crippen LogP contribution in [-0.4, -0.2) is 28.6 Å². The van der Waals surface area contributed by atoms with Crippen molar-refractivity contribution < 1.29 is 9.90 Å². The number of β-lactam (4-membered cyclic amide) rings is 1. The molecule has 0 spiro atoms. The van der Waals surface area contributed by atoms with E-state index in [1.807, 2.05) is 6.08 Å². The van der Waals surface area contributed by atoms with Crippen molar-refractivity contribution in [3.63, 3.8) is 0 Å². The summed E-state index contributed by atoms with van der Waals surface area (Å²) in [7, 11) is 0. The second-order valence-corrected chi connectivity index (χ2v) is 2.71. The van der Waals surface area contributed by atoms with E-state index in [-0.39, 0.29) is 12.5 Å². The van der Waals surface area contributed by atoms with E-state index in [1.165, 1.54) is 0 Å². The molecule has 0 radical (unpaired) electrons. The first-order valence-electron chi connectivity index (χ1n) is 3.45. The maximum absolute atomic E-state index is 10.9. The van der Waals surface area contributed by atoms with Crippen LogP contribution in [0.4, 0.5) is 0 Å². The van der Waals surface area contributed by atoms with Crippen molar-refractivity contribution in [1.82, 2.24) is 4.90 Å². The smallest absolute Gasteiger partial charge is 0.229 e. The lowest BCUT2D eigenvalue weighted by Gasteiger charge is -2.36. The lowest BCUT2D eigenvalue weighted by molar-refractivity contribution is -0.141. The molecule has 1 atom stereocenters. The summed E-state index contributed by atoms with van der Waals surface area (Å²) in [6.45, 7) is 0.00222. The van der Waals surface area contributed by atoms with Crippen molar-refractivity contribution in [2.75, 3.05) is 6.61 Å². The van der Waals surface area contributed by atoms with Crippen molar-refractivity contribution in [2.24, 2.45) is 0 Å². The number of amides is 1. The Hall–Kier alpha value is -0.830. The van der Waals surface area contributed by atoms with Crippen LogP contribution < -0.4 is 0 Å². The van der Waals surface area contributed by atoms with E-state index >= 15 is 0 Å². The average Bonchev–Trinajstić information content (AvgIpc) is 2.25. The number of nitrogens with zero attached hydrogens (tertiary/aromatic N) is 1. The summed E-state index contributed by atoms with van der Waals surface area (Å²) in [6, 6.07) is 0.384. The zero-order chi connectivity index (χ0) is 7.14. The van der Waals surface area contributed by atoms with Crippen molar-refractivity contribution >= 4 is 5.91 Å². The predicted octanol–water partition coefficient (Wildman–Crippen LogP) is -0.133. The lowest BCUT2D eigenvalue weighted by atomic mass is 10.0. The van der Waals surface area contributed by atoms with E-state index in [0.717, 1.165) is 12.1 Å². The standard InChI is InChI=1S/C7H9NO2/c9-4-6-2-1-5-3-7(10)8(5)6/h2,5,9H,1,3-4H2. The highest BCUT2D eigenvalue weighted by molar-refractivity contribution is 5.85. The molecule has 1 fully saturated rings. The highest BCUT2D eigenvalue weighted by atomic mass is 16.3. The Morgan fingerprint density at radius 1 is 1.80 bits per heavy atom. The van der Waals surface area contributed by atoms with Gasteiger partial charge >= 0.3 is 0 Å². The molecule has 2 rings (SSSR count). The van der Waals surface area contributed by atoms with Crippen LogP contribution in [0, 0.1) is 0 Å². The van der Waals surface area contributed by atoms with E-state index in [1.54, 1.807) is 4.90 Å². The molecule has 0 bridgehead atoms. The van der Waals surface area contributed by atoms with Gasteiger partial charge in [0.25, 0.3) is 0 Å². The summed E-state index contributed by atoms with van der Waals surface area (Å²) in [5.41, 5.74) is 0.793. The van der Waals surface area contributed by atoms with Crippen molar-refractivity contribution in [2.45, 2.75) is 18.9 Å². The number of carbonyl (C=O) groups is 1. The van der Waals surface area contributed by atoms with Gasteiger partial charge in [-0.25, -0.2) is 0 Å². The summed E-state index contributed by atoms with van der Waals surface area (Å²) < 4.78 is 0. The fraction of sp³-hybridized carbons (Fsp3) is 0.571. The van der Waals surface area contributed by atoms with E-state index in [4.69, 9.17) is 5.11 Å². The summed E-state index contributed by atoms with van der Waals surface area (Å²) in [6.07, 6.45) is 3.54. The molecule has 0 aromatic carbocycles. The van der Waals surface area contributed by atoms with Crippen LogP contribution >= 0.6 is 0 Å². The van der Waals surface area contributed by atoms with Gasteiger partial charge in [0, 0.05) is 18.2 Å². The SMILES string of the molecule is O=C1CC2CC=C(CO)N12. The number of aliphatic hydroxyl groups excluding tert-OH is 1. The molecule has 3 nitrogen and oxygen atoms in total. The minimum absolute atomic E-state index is 0.00222. The molecule has 0 aromatic rings. The highest BCUT2D eigenvalue weighted by Crippen LogP contribution is 2.32. The quantitative estimate of drug-likeness (QED) is 0.514. The molecule has 54 valence electrons. The van der Waals surface area contributed by atoms with Gasteiger partial charge in [-0.3, -0.25) is 4.79 Å². The second-order valence-electron chi connectivity index (χ2n) is 2.71. The van der Waals surface area contributed by atoms with Crippen LogP contribution in [0.1, 0.15) is 12.8 Å². The molecule has 1 saturated heterocycles. The third-order valence-corrected chi connectivity index (χ3v) is 2.14. The van der Waals surface area contributed by atoms with Crippen molar-refractivity contribution in [3.05, 3.63) is 11.8 Å². The normalized spacial score (nSPS) is 29.7.